The first-order valence-corrected chi connectivity index (χ1v) is 3.95. The molecule has 2 rings (SSSR count). The first-order valence-electron chi connectivity index (χ1n) is 3.95. The van der Waals surface area contributed by atoms with Gasteiger partial charge in [0.2, 0.25) is 0 Å². The largest absolute Gasteiger partial charge is 0.473 e. The molecule has 0 aromatic carbocycles. The Kier molecular flexibility index (Phi) is 1.60. The first kappa shape index (κ1) is 7.34. The van der Waals surface area contributed by atoms with E-state index in [0.29, 0.717) is 12.5 Å². The van der Waals surface area contributed by atoms with Crippen LogP contribution in [0.5, 0.6) is 5.88 Å². The molecule has 0 saturated heterocycles. The molecule has 0 N–H and O–H groups in total. The summed E-state index contributed by atoms with van der Waals surface area (Å²) in [6.07, 6.45) is 1.72. The van der Waals surface area contributed by atoms with Crippen LogP contribution in [0.25, 0.3) is 0 Å². The Morgan fingerprint density at radius 2 is 2.42 bits per heavy atom. The monoisotopic (exact) mass is 165 g/mol. The Labute approximate surface area is 71.2 Å². The number of aromatic nitrogens is 2. The second kappa shape index (κ2) is 2.62. The number of nitrogens with zero attached hydrogens (tertiary/aromatic N) is 3. The fourth-order valence-electron chi connectivity index (χ4n) is 1.19. The van der Waals surface area contributed by atoms with Gasteiger partial charge in [0.15, 0.2) is 5.82 Å². The van der Waals surface area contributed by atoms with E-state index in [1.54, 1.807) is 6.20 Å². The van der Waals surface area contributed by atoms with Crippen molar-refractivity contribution in [2.45, 2.75) is 6.92 Å². The van der Waals surface area contributed by atoms with Gasteiger partial charge in [0.05, 0.1) is 18.4 Å². The van der Waals surface area contributed by atoms with Crippen LogP contribution in [0.4, 0.5) is 5.82 Å². The fourth-order valence-corrected chi connectivity index (χ4v) is 1.19. The molecular weight excluding hydrogens is 154 g/mol. The normalized spacial score (nSPS) is 15.3. The lowest BCUT2D eigenvalue weighted by atomic mass is 10.4. The minimum Gasteiger partial charge on any atom is -0.473 e. The summed E-state index contributed by atoms with van der Waals surface area (Å²) in [7, 11) is 2.00. The number of hydrogen-bond acceptors (Lipinski definition) is 4. The van der Waals surface area contributed by atoms with Gasteiger partial charge in [-0.05, 0) is 6.92 Å². The van der Waals surface area contributed by atoms with Crippen molar-refractivity contribution in [1.82, 2.24) is 9.97 Å². The molecule has 0 bridgehead atoms. The zero-order valence-electron chi connectivity index (χ0n) is 7.24. The van der Waals surface area contributed by atoms with Gasteiger partial charge in [0.25, 0.3) is 5.88 Å². The third kappa shape index (κ3) is 1.09. The number of likely N-dealkylation sites (N-methyl/N-ethyl adjacent to an activating group) is 1. The summed E-state index contributed by atoms with van der Waals surface area (Å²) in [4.78, 5) is 10.5. The van der Waals surface area contributed by atoms with Crippen LogP contribution in [-0.2, 0) is 0 Å². The zero-order chi connectivity index (χ0) is 8.55. The molecule has 1 aromatic heterocycles. The molecular formula is C8H11N3O. The number of hydrogen-bond donors (Lipinski definition) is 0. The summed E-state index contributed by atoms with van der Waals surface area (Å²) in [5.41, 5.74) is 0.922. The zero-order valence-corrected chi connectivity index (χ0v) is 7.24. The van der Waals surface area contributed by atoms with Crippen LogP contribution >= 0.6 is 0 Å². The molecule has 0 fully saturated rings. The van der Waals surface area contributed by atoms with Crippen molar-refractivity contribution in [2.24, 2.45) is 0 Å². The van der Waals surface area contributed by atoms with Crippen molar-refractivity contribution in [3.05, 3.63) is 11.9 Å². The van der Waals surface area contributed by atoms with E-state index in [9.17, 15) is 0 Å². The number of fused-ring (bicyclic) bond motifs is 1. The van der Waals surface area contributed by atoms with Crippen LogP contribution in [0.1, 0.15) is 5.69 Å². The highest BCUT2D eigenvalue weighted by Gasteiger charge is 2.17. The fraction of sp³-hybridized carbons (Fsp3) is 0.500. The third-order valence-corrected chi connectivity index (χ3v) is 1.87. The van der Waals surface area contributed by atoms with Crippen LogP contribution in [-0.4, -0.2) is 30.2 Å². The minimum atomic E-state index is 0.648. The molecule has 0 saturated carbocycles. The van der Waals surface area contributed by atoms with Gasteiger partial charge in [-0.2, -0.15) is 0 Å². The van der Waals surface area contributed by atoms with Crippen LogP contribution in [0.3, 0.4) is 0 Å². The molecule has 12 heavy (non-hydrogen) atoms. The highest BCUT2D eigenvalue weighted by atomic mass is 16.5. The van der Waals surface area contributed by atoms with Gasteiger partial charge in [-0.15, -0.1) is 0 Å². The Hall–Kier alpha value is -1.32. The molecule has 0 amide bonds. The van der Waals surface area contributed by atoms with E-state index in [2.05, 4.69) is 14.9 Å². The van der Waals surface area contributed by atoms with E-state index in [0.717, 1.165) is 18.1 Å². The average Bonchev–Trinajstić information content (AvgIpc) is 2.07. The van der Waals surface area contributed by atoms with E-state index in [-0.39, 0.29) is 0 Å². The standard InChI is InChI=1S/C8H11N3O/c1-6-5-9-8-7(10-6)11(2)3-4-12-8/h5H,3-4H2,1-2H3. The molecule has 64 valence electrons. The van der Waals surface area contributed by atoms with Crippen molar-refractivity contribution in [3.8, 4) is 5.88 Å². The Morgan fingerprint density at radius 3 is 3.25 bits per heavy atom. The molecule has 0 atom stereocenters. The molecule has 0 spiro atoms. The molecule has 4 heteroatoms. The van der Waals surface area contributed by atoms with E-state index in [1.807, 2.05) is 14.0 Å². The second-order valence-corrected chi connectivity index (χ2v) is 2.91. The van der Waals surface area contributed by atoms with E-state index in [1.165, 1.54) is 0 Å². The van der Waals surface area contributed by atoms with Crippen molar-refractivity contribution in [3.63, 3.8) is 0 Å². The van der Waals surface area contributed by atoms with Gasteiger partial charge in [-0.25, -0.2) is 9.97 Å². The molecule has 0 radical (unpaired) electrons. The van der Waals surface area contributed by atoms with Crippen LogP contribution in [0.2, 0.25) is 0 Å². The van der Waals surface area contributed by atoms with Crippen LogP contribution < -0.4 is 9.64 Å². The van der Waals surface area contributed by atoms with Crippen molar-refractivity contribution >= 4 is 5.82 Å². The van der Waals surface area contributed by atoms with E-state index >= 15 is 0 Å². The van der Waals surface area contributed by atoms with Gasteiger partial charge in [-0.3, -0.25) is 0 Å². The average molecular weight is 165 g/mol. The Bertz CT molecular complexity index is 300. The van der Waals surface area contributed by atoms with E-state index in [4.69, 9.17) is 4.74 Å². The van der Waals surface area contributed by atoms with Gasteiger partial charge in [-0.1, -0.05) is 0 Å². The van der Waals surface area contributed by atoms with E-state index < -0.39 is 0 Å². The third-order valence-electron chi connectivity index (χ3n) is 1.87. The summed E-state index contributed by atoms with van der Waals surface area (Å²) >= 11 is 0. The van der Waals surface area contributed by atoms with Gasteiger partial charge in [0, 0.05) is 7.05 Å². The highest BCUT2D eigenvalue weighted by molar-refractivity contribution is 5.49. The van der Waals surface area contributed by atoms with Crippen molar-refractivity contribution in [2.75, 3.05) is 25.1 Å². The van der Waals surface area contributed by atoms with Gasteiger partial charge < -0.3 is 9.64 Å². The molecule has 0 unspecified atom stereocenters. The summed E-state index contributed by atoms with van der Waals surface area (Å²) in [6, 6.07) is 0. The smallest absolute Gasteiger partial charge is 0.257 e. The molecule has 1 aromatic rings. The Balaban J connectivity index is 2.47. The number of aryl methyl sites for hydroxylation is 1. The molecule has 1 aliphatic heterocycles. The first-order chi connectivity index (χ1) is 5.77. The topological polar surface area (TPSA) is 38.2 Å². The van der Waals surface area contributed by atoms with Gasteiger partial charge >= 0.3 is 0 Å². The summed E-state index contributed by atoms with van der Waals surface area (Å²) in [5, 5.41) is 0. The lowest BCUT2D eigenvalue weighted by Crippen LogP contribution is -2.30. The predicted octanol–water partition coefficient (Wildman–Crippen LogP) is 0.614. The van der Waals surface area contributed by atoms with Crippen molar-refractivity contribution in [1.29, 1.82) is 0 Å². The Morgan fingerprint density at radius 1 is 1.58 bits per heavy atom. The minimum absolute atomic E-state index is 0.648. The second-order valence-electron chi connectivity index (χ2n) is 2.91. The quantitative estimate of drug-likeness (QED) is 0.564. The number of rotatable bonds is 0. The lowest BCUT2D eigenvalue weighted by Gasteiger charge is -2.25. The lowest BCUT2D eigenvalue weighted by molar-refractivity contribution is 0.296. The maximum Gasteiger partial charge on any atom is 0.257 e. The summed E-state index contributed by atoms with van der Waals surface area (Å²) < 4.78 is 5.33. The maximum absolute atomic E-state index is 5.33. The SMILES string of the molecule is Cc1cnc2c(n1)N(C)CCO2. The molecule has 4 nitrogen and oxygen atoms in total. The van der Waals surface area contributed by atoms with Crippen LogP contribution in [0, 0.1) is 6.92 Å². The van der Waals surface area contributed by atoms with Crippen molar-refractivity contribution < 1.29 is 4.74 Å². The number of anilines is 1. The predicted molar refractivity (Wildman–Crippen MR) is 45.5 cm³/mol. The number of ether oxygens (including phenoxy) is 1. The molecule has 2 heterocycles. The summed E-state index contributed by atoms with van der Waals surface area (Å²) in [6.45, 7) is 3.50. The van der Waals surface area contributed by atoms with Gasteiger partial charge in [0.1, 0.15) is 6.61 Å². The molecule has 1 aliphatic rings. The maximum atomic E-state index is 5.33. The molecule has 0 aliphatic carbocycles. The summed E-state index contributed by atoms with van der Waals surface area (Å²) in [5.74, 6) is 1.50. The highest BCUT2D eigenvalue weighted by Crippen LogP contribution is 2.24. The van der Waals surface area contributed by atoms with Crippen LogP contribution in [0.15, 0.2) is 6.20 Å².